The van der Waals surface area contributed by atoms with Crippen molar-refractivity contribution in [3.8, 4) is 0 Å². The summed E-state index contributed by atoms with van der Waals surface area (Å²) in [7, 11) is 3.21. The van der Waals surface area contributed by atoms with E-state index in [0.717, 1.165) is 31.5 Å². The molecule has 2 rings (SSSR count). The third-order valence-electron chi connectivity index (χ3n) is 4.03. The van der Waals surface area contributed by atoms with Gasteiger partial charge in [0.25, 0.3) is 0 Å². The maximum Gasteiger partial charge on any atom is 0.308 e. The van der Waals surface area contributed by atoms with E-state index in [1.807, 2.05) is 11.9 Å². The van der Waals surface area contributed by atoms with E-state index in [4.69, 9.17) is 4.74 Å². The number of esters is 1. The number of carbonyl (C=O) groups excluding carboxylic acids is 2. The Bertz CT molecular complexity index is 422. The Balaban J connectivity index is 1.81. The Morgan fingerprint density at radius 2 is 2.33 bits per heavy atom. The predicted octanol–water partition coefficient (Wildman–Crippen LogP) is 0.776. The van der Waals surface area contributed by atoms with E-state index >= 15 is 0 Å². The van der Waals surface area contributed by atoms with Gasteiger partial charge in [-0.25, -0.2) is 0 Å². The van der Waals surface area contributed by atoms with Crippen molar-refractivity contribution in [2.45, 2.75) is 31.8 Å². The molecule has 1 aliphatic heterocycles. The molecule has 0 aromatic heterocycles. The molecule has 0 bridgehead atoms. The SMILES string of the molecule is COC(=O)CC1CN(CC(=O)N(C)C2=CCCC2)CCO1. The number of hydrogen-bond acceptors (Lipinski definition) is 5. The fraction of sp³-hybridized carbons (Fsp3) is 0.733. The second-order valence-electron chi connectivity index (χ2n) is 5.55. The van der Waals surface area contributed by atoms with Gasteiger partial charge in [0.1, 0.15) is 0 Å². The molecule has 1 atom stereocenters. The van der Waals surface area contributed by atoms with Gasteiger partial charge in [0, 0.05) is 25.8 Å². The van der Waals surface area contributed by atoms with Gasteiger partial charge in [-0.1, -0.05) is 6.08 Å². The summed E-state index contributed by atoms with van der Waals surface area (Å²) in [6, 6.07) is 0. The van der Waals surface area contributed by atoms with Crippen molar-refractivity contribution in [3.63, 3.8) is 0 Å². The lowest BCUT2D eigenvalue weighted by molar-refractivity contribution is -0.146. The first-order chi connectivity index (χ1) is 10.1. The quantitative estimate of drug-likeness (QED) is 0.702. The summed E-state index contributed by atoms with van der Waals surface area (Å²) >= 11 is 0. The topological polar surface area (TPSA) is 59.1 Å². The number of ether oxygens (including phenoxy) is 2. The monoisotopic (exact) mass is 296 g/mol. The molecule has 0 radical (unpaired) electrons. The smallest absolute Gasteiger partial charge is 0.308 e. The van der Waals surface area contributed by atoms with Gasteiger partial charge in [-0.3, -0.25) is 14.5 Å². The lowest BCUT2D eigenvalue weighted by Crippen LogP contribution is -2.47. The normalized spacial score (nSPS) is 22.8. The molecule has 0 aromatic carbocycles. The van der Waals surface area contributed by atoms with Crippen LogP contribution in [-0.2, 0) is 19.1 Å². The molecule has 0 aromatic rings. The van der Waals surface area contributed by atoms with Crippen LogP contribution in [0, 0.1) is 0 Å². The maximum absolute atomic E-state index is 12.3. The standard InChI is InChI=1S/C15H24N2O4/c1-16(12-5-3-4-6-12)14(18)11-17-7-8-21-13(10-17)9-15(19)20-2/h5,13H,3-4,6-11H2,1-2H3. The Kier molecular flexibility index (Phi) is 5.76. The molecule has 1 saturated heterocycles. The second-order valence-corrected chi connectivity index (χ2v) is 5.55. The number of nitrogens with zero attached hydrogens (tertiary/aromatic N) is 2. The summed E-state index contributed by atoms with van der Waals surface area (Å²) in [6.45, 7) is 2.22. The van der Waals surface area contributed by atoms with Crippen LogP contribution in [-0.4, -0.2) is 68.2 Å². The Labute approximate surface area is 125 Å². The highest BCUT2D eigenvalue weighted by Gasteiger charge is 2.26. The number of morpholine rings is 1. The second kappa shape index (κ2) is 7.56. The lowest BCUT2D eigenvalue weighted by atomic mass is 10.2. The van der Waals surface area contributed by atoms with E-state index in [1.54, 1.807) is 4.90 Å². The van der Waals surface area contributed by atoms with E-state index in [-0.39, 0.29) is 24.4 Å². The van der Waals surface area contributed by atoms with E-state index < -0.39 is 0 Å². The Hall–Kier alpha value is -1.40. The third-order valence-corrected chi connectivity index (χ3v) is 4.03. The summed E-state index contributed by atoms with van der Waals surface area (Å²) in [5.74, 6) is -0.178. The molecule has 1 fully saturated rings. The molecule has 1 unspecified atom stereocenters. The number of allylic oxidation sites excluding steroid dienone is 2. The third kappa shape index (κ3) is 4.54. The van der Waals surface area contributed by atoms with E-state index in [9.17, 15) is 9.59 Å². The highest BCUT2D eigenvalue weighted by Crippen LogP contribution is 2.20. The van der Waals surface area contributed by atoms with Crippen molar-refractivity contribution in [1.82, 2.24) is 9.80 Å². The number of rotatable bonds is 5. The molecule has 1 heterocycles. The molecule has 6 nitrogen and oxygen atoms in total. The van der Waals surface area contributed by atoms with Crippen molar-refractivity contribution in [1.29, 1.82) is 0 Å². The number of amides is 1. The van der Waals surface area contributed by atoms with Crippen molar-refractivity contribution in [2.24, 2.45) is 0 Å². The average molecular weight is 296 g/mol. The minimum absolute atomic E-state index is 0.0990. The van der Waals surface area contributed by atoms with Crippen LogP contribution in [0.2, 0.25) is 0 Å². The summed E-state index contributed by atoms with van der Waals surface area (Å²) in [5, 5.41) is 0. The summed E-state index contributed by atoms with van der Waals surface area (Å²) in [6.07, 6.45) is 5.36. The molecule has 2 aliphatic rings. The van der Waals surface area contributed by atoms with Crippen molar-refractivity contribution >= 4 is 11.9 Å². The maximum atomic E-state index is 12.3. The van der Waals surface area contributed by atoms with Crippen LogP contribution in [0.5, 0.6) is 0 Å². The highest BCUT2D eigenvalue weighted by molar-refractivity contribution is 5.79. The van der Waals surface area contributed by atoms with Crippen LogP contribution in [0.25, 0.3) is 0 Å². The van der Waals surface area contributed by atoms with E-state index in [1.165, 1.54) is 7.11 Å². The summed E-state index contributed by atoms with van der Waals surface area (Å²) in [5.41, 5.74) is 1.12. The van der Waals surface area contributed by atoms with E-state index in [2.05, 4.69) is 10.8 Å². The predicted molar refractivity (Wildman–Crippen MR) is 77.5 cm³/mol. The molecule has 0 saturated carbocycles. The van der Waals surface area contributed by atoms with Gasteiger partial charge in [0.05, 0.1) is 32.8 Å². The first-order valence-electron chi connectivity index (χ1n) is 7.46. The van der Waals surface area contributed by atoms with Crippen molar-refractivity contribution in [2.75, 3.05) is 40.4 Å². The molecule has 6 heteroatoms. The van der Waals surface area contributed by atoms with Gasteiger partial charge in [-0.2, -0.15) is 0 Å². The molecule has 0 spiro atoms. The zero-order chi connectivity index (χ0) is 15.2. The first-order valence-corrected chi connectivity index (χ1v) is 7.46. The average Bonchev–Trinajstić information content (AvgIpc) is 3.00. The van der Waals surface area contributed by atoms with Crippen molar-refractivity contribution in [3.05, 3.63) is 11.8 Å². The van der Waals surface area contributed by atoms with Gasteiger partial charge in [0.15, 0.2) is 0 Å². The van der Waals surface area contributed by atoms with Gasteiger partial charge >= 0.3 is 5.97 Å². The molecule has 21 heavy (non-hydrogen) atoms. The molecule has 118 valence electrons. The zero-order valence-corrected chi connectivity index (χ0v) is 12.8. The highest BCUT2D eigenvalue weighted by atomic mass is 16.5. The summed E-state index contributed by atoms with van der Waals surface area (Å²) < 4.78 is 10.2. The number of likely N-dealkylation sites (N-methyl/N-ethyl adjacent to an activating group) is 1. The van der Waals surface area contributed by atoms with Gasteiger partial charge in [-0.15, -0.1) is 0 Å². The minimum atomic E-state index is -0.276. The van der Waals surface area contributed by atoms with Gasteiger partial charge in [-0.05, 0) is 19.3 Å². The number of methoxy groups -OCH3 is 1. The van der Waals surface area contributed by atoms with Crippen molar-refractivity contribution < 1.29 is 19.1 Å². The Morgan fingerprint density at radius 1 is 1.52 bits per heavy atom. The number of carbonyl (C=O) groups is 2. The summed E-state index contributed by atoms with van der Waals surface area (Å²) in [4.78, 5) is 27.4. The zero-order valence-electron chi connectivity index (χ0n) is 12.8. The molecule has 0 N–H and O–H groups in total. The van der Waals surface area contributed by atoms with E-state index in [0.29, 0.717) is 19.7 Å². The molecular formula is C15H24N2O4. The van der Waals surface area contributed by atoms with Crippen LogP contribution < -0.4 is 0 Å². The fourth-order valence-corrected chi connectivity index (χ4v) is 2.73. The molecular weight excluding hydrogens is 272 g/mol. The van der Waals surface area contributed by atoms with Gasteiger partial charge in [0.2, 0.25) is 5.91 Å². The minimum Gasteiger partial charge on any atom is -0.469 e. The fourth-order valence-electron chi connectivity index (χ4n) is 2.73. The van der Waals surface area contributed by atoms with Crippen LogP contribution >= 0.6 is 0 Å². The van der Waals surface area contributed by atoms with Crippen LogP contribution in [0.1, 0.15) is 25.7 Å². The Morgan fingerprint density at radius 3 is 3.00 bits per heavy atom. The van der Waals surface area contributed by atoms with Gasteiger partial charge < -0.3 is 14.4 Å². The first kappa shape index (κ1) is 16.0. The number of hydrogen-bond donors (Lipinski definition) is 0. The van der Waals surface area contributed by atoms with Crippen LogP contribution in [0.15, 0.2) is 11.8 Å². The van der Waals surface area contributed by atoms with Crippen LogP contribution in [0.4, 0.5) is 0 Å². The molecule has 1 amide bonds. The van der Waals surface area contributed by atoms with Crippen LogP contribution in [0.3, 0.4) is 0 Å². The lowest BCUT2D eigenvalue weighted by Gasteiger charge is -2.33. The largest absolute Gasteiger partial charge is 0.469 e. The molecule has 1 aliphatic carbocycles.